The highest BCUT2D eigenvalue weighted by atomic mass is 16.7. The summed E-state index contributed by atoms with van der Waals surface area (Å²) in [5, 5.41) is 3.20. The van der Waals surface area contributed by atoms with Gasteiger partial charge in [-0.05, 0) is 29.8 Å². The zero-order valence-electron chi connectivity index (χ0n) is 14.2. The molecule has 0 aliphatic carbocycles. The van der Waals surface area contributed by atoms with Crippen LogP contribution in [0.4, 0.5) is 11.6 Å². The number of rotatable bonds is 5. The van der Waals surface area contributed by atoms with Gasteiger partial charge in [-0.3, -0.25) is 0 Å². The lowest BCUT2D eigenvalue weighted by atomic mass is 10.1. The molecule has 2 aromatic carbocycles. The number of nitrogens with one attached hydrogen (secondary N) is 1. The summed E-state index contributed by atoms with van der Waals surface area (Å²) in [6, 6.07) is 13.3. The van der Waals surface area contributed by atoms with Gasteiger partial charge in [-0.25, -0.2) is 9.97 Å². The van der Waals surface area contributed by atoms with Crippen LogP contribution in [0.5, 0.6) is 17.2 Å². The van der Waals surface area contributed by atoms with E-state index in [2.05, 4.69) is 15.3 Å². The Kier molecular flexibility index (Phi) is 4.18. The molecule has 2 heterocycles. The van der Waals surface area contributed by atoms with Gasteiger partial charge < -0.3 is 25.3 Å². The molecule has 7 heteroatoms. The van der Waals surface area contributed by atoms with Crippen molar-refractivity contribution in [2.75, 3.05) is 25.0 Å². The van der Waals surface area contributed by atoms with Crippen LogP contribution in [0, 0.1) is 0 Å². The highest BCUT2D eigenvalue weighted by Gasteiger charge is 2.18. The third kappa shape index (κ3) is 3.06. The van der Waals surface area contributed by atoms with Crippen LogP contribution in [0.1, 0.15) is 5.56 Å². The van der Waals surface area contributed by atoms with Gasteiger partial charge in [0.1, 0.15) is 5.75 Å². The van der Waals surface area contributed by atoms with Crippen LogP contribution in [-0.2, 0) is 6.54 Å². The van der Waals surface area contributed by atoms with Crippen molar-refractivity contribution in [3.05, 3.63) is 54.2 Å². The maximum Gasteiger partial charge on any atom is 0.231 e. The first-order chi connectivity index (χ1) is 12.7. The first-order valence-electron chi connectivity index (χ1n) is 8.13. The molecule has 3 N–H and O–H groups in total. The predicted molar refractivity (Wildman–Crippen MR) is 98.3 cm³/mol. The van der Waals surface area contributed by atoms with Crippen LogP contribution in [0.3, 0.4) is 0 Å². The number of benzene rings is 2. The minimum Gasteiger partial charge on any atom is -0.497 e. The van der Waals surface area contributed by atoms with Crippen molar-refractivity contribution in [2.45, 2.75) is 6.54 Å². The number of nitrogens with zero attached hydrogens (tertiary/aromatic N) is 2. The van der Waals surface area contributed by atoms with Gasteiger partial charge in [-0.2, -0.15) is 0 Å². The number of fused-ring (bicyclic) bond motifs is 1. The second-order valence-electron chi connectivity index (χ2n) is 5.72. The molecule has 0 unspecified atom stereocenters. The molecule has 0 spiro atoms. The van der Waals surface area contributed by atoms with E-state index in [1.807, 2.05) is 42.5 Å². The van der Waals surface area contributed by atoms with Gasteiger partial charge in [0.15, 0.2) is 11.5 Å². The fourth-order valence-electron chi connectivity index (χ4n) is 2.75. The van der Waals surface area contributed by atoms with Crippen LogP contribution in [0.15, 0.2) is 48.7 Å². The maximum absolute atomic E-state index is 6.15. The summed E-state index contributed by atoms with van der Waals surface area (Å²) in [5.41, 5.74) is 9.37. The minimum atomic E-state index is 0.197. The SMILES string of the molecule is COc1cccc(-c2ccnc(NCc3ccc4c(c3N)OCO4)n2)c1. The predicted octanol–water partition coefficient (Wildman–Crippen LogP) is 3.08. The smallest absolute Gasteiger partial charge is 0.231 e. The van der Waals surface area contributed by atoms with Gasteiger partial charge in [-0.15, -0.1) is 0 Å². The molecule has 4 rings (SSSR count). The van der Waals surface area contributed by atoms with E-state index in [1.54, 1.807) is 13.3 Å². The van der Waals surface area contributed by atoms with Gasteiger partial charge in [0.2, 0.25) is 12.7 Å². The molecule has 0 saturated carbocycles. The normalized spacial score (nSPS) is 12.0. The lowest BCUT2D eigenvalue weighted by Crippen LogP contribution is -2.06. The molecule has 0 bridgehead atoms. The summed E-state index contributed by atoms with van der Waals surface area (Å²) in [7, 11) is 1.64. The average Bonchev–Trinajstić information content (AvgIpc) is 3.17. The van der Waals surface area contributed by atoms with Crippen LogP contribution in [-0.4, -0.2) is 23.9 Å². The number of aromatic nitrogens is 2. The van der Waals surface area contributed by atoms with E-state index >= 15 is 0 Å². The highest BCUT2D eigenvalue weighted by molar-refractivity contribution is 5.66. The Bertz CT molecular complexity index is 946. The molecule has 0 amide bonds. The van der Waals surface area contributed by atoms with Gasteiger partial charge in [0.25, 0.3) is 0 Å². The Balaban J connectivity index is 1.53. The van der Waals surface area contributed by atoms with Gasteiger partial charge in [-0.1, -0.05) is 18.2 Å². The van der Waals surface area contributed by atoms with E-state index < -0.39 is 0 Å². The molecule has 0 radical (unpaired) electrons. The molecule has 1 aliphatic rings. The number of hydrogen-bond donors (Lipinski definition) is 2. The zero-order chi connectivity index (χ0) is 17.9. The monoisotopic (exact) mass is 350 g/mol. The minimum absolute atomic E-state index is 0.197. The number of nitrogen functional groups attached to an aromatic ring is 1. The first kappa shape index (κ1) is 16.0. The Labute approximate surface area is 150 Å². The molecule has 7 nitrogen and oxygen atoms in total. The number of anilines is 2. The average molecular weight is 350 g/mol. The van der Waals surface area contributed by atoms with Crippen molar-refractivity contribution in [3.63, 3.8) is 0 Å². The van der Waals surface area contributed by atoms with Gasteiger partial charge >= 0.3 is 0 Å². The van der Waals surface area contributed by atoms with E-state index in [9.17, 15) is 0 Å². The summed E-state index contributed by atoms with van der Waals surface area (Å²) in [6.45, 7) is 0.673. The number of nitrogens with two attached hydrogens (primary N) is 1. The summed E-state index contributed by atoms with van der Waals surface area (Å²) in [6.07, 6.45) is 1.72. The van der Waals surface area contributed by atoms with Crippen LogP contribution in [0.25, 0.3) is 11.3 Å². The molecule has 26 heavy (non-hydrogen) atoms. The van der Waals surface area contributed by atoms with Crippen LogP contribution in [0.2, 0.25) is 0 Å². The van der Waals surface area contributed by atoms with Crippen molar-refractivity contribution in [1.82, 2.24) is 9.97 Å². The summed E-state index contributed by atoms with van der Waals surface area (Å²) in [5.74, 6) is 2.56. The third-order valence-electron chi connectivity index (χ3n) is 4.13. The molecule has 132 valence electrons. The molecular formula is C19H18N4O3. The molecular weight excluding hydrogens is 332 g/mol. The van der Waals surface area contributed by atoms with Gasteiger partial charge in [0, 0.05) is 18.3 Å². The van der Waals surface area contributed by atoms with Crippen molar-refractivity contribution in [2.24, 2.45) is 0 Å². The fraction of sp³-hybridized carbons (Fsp3) is 0.158. The maximum atomic E-state index is 6.15. The van der Waals surface area contributed by atoms with Crippen molar-refractivity contribution >= 4 is 11.6 Å². The van der Waals surface area contributed by atoms with Gasteiger partial charge in [0.05, 0.1) is 18.5 Å². The van der Waals surface area contributed by atoms with E-state index in [4.69, 9.17) is 19.9 Å². The highest BCUT2D eigenvalue weighted by Crippen LogP contribution is 2.39. The topological polar surface area (TPSA) is 91.5 Å². The van der Waals surface area contributed by atoms with Crippen molar-refractivity contribution in [3.8, 4) is 28.5 Å². The summed E-state index contributed by atoms with van der Waals surface area (Å²) < 4.78 is 16.0. The second kappa shape index (κ2) is 6.79. The Morgan fingerprint density at radius 3 is 3.00 bits per heavy atom. The number of methoxy groups -OCH3 is 1. The van der Waals surface area contributed by atoms with Crippen molar-refractivity contribution in [1.29, 1.82) is 0 Å². The summed E-state index contributed by atoms with van der Waals surface area (Å²) >= 11 is 0. The number of ether oxygens (including phenoxy) is 3. The molecule has 0 fully saturated rings. The molecule has 1 aliphatic heterocycles. The van der Waals surface area contributed by atoms with E-state index in [0.717, 1.165) is 22.6 Å². The standard InChI is InChI=1S/C19H18N4O3/c1-24-14-4-2-3-12(9-14)15-7-8-21-19(23-15)22-10-13-5-6-16-18(17(13)20)26-11-25-16/h2-9H,10-11,20H2,1H3,(H,21,22,23). The number of hydrogen-bond acceptors (Lipinski definition) is 7. The Hall–Kier alpha value is -3.48. The van der Waals surface area contributed by atoms with Crippen LogP contribution >= 0.6 is 0 Å². The van der Waals surface area contributed by atoms with Crippen LogP contribution < -0.4 is 25.3 Å². The van der Waals surface area contributed by atoms with E-state index in [-0.39, 0.29) is 6.79 Å². The molecule has 3 aromatic rings. The van der Waals surface area contributed by atoms with Crippen molar-refractivity contribution < 1.29 is 14.2 Å². The Morgan fingerprint density at radius 2 is 2.12 bits per heavy atom. The summed E-state index contributed by atoms with van der Waals surface area (Å²) in [4.78, 5) is 8.84. The molecule has 0 atom stereocenters. The van der Waals surface area contributed by atoms with E-state index in [0.29, 0.717) is 29.7 Å². The lowest BCUT2D eigenvalue weighted by Gasteiger charge is -2.10. The Morgan fingerprint density at radius 1 is 1.19 bits per heavy atom. The van der Waals surface area contributed by atoms with E-state index in [1.165, 1.54) is 0 Å². The fourth-order valence-corrected chi connectivity index (χ4v) is 2.75. The largest absolute Gasteiger partial charge is 0.497 e. The first-order valence-corrected chi connectivity index (χ1v) is 8.13. The second-order valence-corrected chi connectivity index (χ2v) is 5.72. The molecule has 0 saturated heterocycles. The third-order valence-corrected chi connectivity index (χ3v) is 4.13. The quantitative estimate of drug-likeness (QED) is 0.683. The lowest BCUT2D eigenvalue weighted by molar-refractivity contribution is 0.174. The molecule has 1 aromatic heterocycles. The zero-order valence-corrected chi connectivity index (χ0v) is 14.2.